The molecule has 2 amide bonds. The highest BCUT2D eigenvalue weighted by atomic mass is 35.5. The number of halogens is 3. The summed E-state index contributed by atoms with van der Waals surface area (Å²) < 4.78 is 0. The van der Waals surface area contributed by atoms with Crippen LogP contribution in [0.5, 0.6) is 0 Å². The first kappa shape index (κ1) is 20.5. The molecular weight excluding hydrogens is 397 g/mol. The number of rotatable bonds is 6. The Bertz CT molecular complexity index is 827. The van der Waals surface area contributed by atoms with E-state index in [4.69, 9.17) is 34.8 Å². The first-order valence-electron chi connectivity index (χ1n) is 7.74. The highest BCUT2D eigenvalue weighted by Gasteiger charge is 2.13. The Labute approximate surface area is 167 Å². The molecule has 0 saturated carbocycles. The Hall–Kier alpha value is -1.79. The van der Waals surface area contributed by atoms with E-state index in [2.05, 4.69) is 10.6 Å². The van der Waals surface area contributed by atoms with Crippen LogP contribution in [0.15, 0.2) is 36.4 Å². The van der Waals surface area contributed by atoms with Gasteiger partial charge < -0.3 is 10.6 Å². The molecule has 138 valence electrons. The van der Waals surface area contributed by atoms with Crippen LogP contribution in [0.25, 0.3) is 0 Å². The molecule has 0 bridgehead atoms. The molecule has 2 aromatic rings. The van der Waals surface area contributed by atoms with Crippen molar-refractivity contribution < 1.29 is 9.59 Å². The zero-order valence-electron chi connectivity index (χ0n) is 14.3. The average Bonchev–Trinajstić information content (AvgIpc) is 2.55. The number of benzene rings is 2. The lowest BCUT2D eigenvalue weighted by Gasteiger charge is -2.17. The zero-order valence-corrected chi connectivity index (χ0v) is 16.5. The molecule has 0 unspecified atom stereocenters. The van der Waals surface area contributed by atoms with Gasteiger partial charge in [-0.25, -0.2) is 0 Å². The molecule has 0 heterocycles. The minimum atomic E-state index is -0.266. The van der Waals surface area contributed by atoms with E-state index in [1.54, 1.807) is 48.3 Å². The average molecular weight is 415 g/mol. The third-order valence-electron chi connectivity index (χ3n) is 3.57. The SMILES string of the molecule is Cc1c(Cl)cccc1NC(=O)CN(C)CC(=O)Nc1ccc(Cl)c(Cl)c1. The highest BCUT2D eigenvalue weighted by molar-refractivity contribution is 6.42. The van der Waals surface area contributed by atoms with Gasteiger partial charge in [0.05, 0.1) is 23.1 Å². The van der Waals surface area contributed by atoms with E-state index in [1.807, 2.05) is 6.92 Å². The summed E-state index contributed by atoms with van der Waals surface area (Å²) in [5.74, 6) is -0.502. The van der Waals surface area contributed by atoms with Crippen molar-refractivity contribution in [2.45, 2.75) is 6.92 Å². The lowest BCUT2D eigenvalue weighted by Crippen LogP contribution is -2.36. The minimum absolute atomic E-state index is 0.0438. The van der Waals surface area contributed by atoms with Crippen molar-refractivity contribution >= 4 is 58.0 Å². The van der Waals surface area contributed by atoms with Gasteiger partial charge in [-0.1, -0.05) is 40.9 Å². The molecule has 0 aromatic heterocycles. The van der Waals surface area contributed by atoms with Gasteiger partial charge in [-0.3, -0.25) is 14.5 Å². The van der Waals surface area contributed by atoms with Crippen LogP contribution in [0, 0.1) is 6.92 Å². The fourth-order valence-corrected chi connectivity index (χ4v) is 2.73. The molecule has 0 saturated heterocycles. The van der Waals surface area contributed by atoms with Crippen LogP contribution in [0.3, 0.4) is 0 Å². The molecule has 0 aliphatic rings. The Morgan fingerprint density at radius 1 is 0.923 bits per heavy atom. The lowest BCUT2D eigenvalue weighted by molar-refractivity contribution is -0.119. The monoisotopic (exact) mass is 413 g/mol. The van der Waals surface area contributed by atoms with E-state index < -0.39 is 0 Å². The maximum atomic E-state index is 12.1. The number of anilines is 2. The van der Waals surface area contributed by atoms with Gasteiger partial charge in [0.15, 0.2) is 0 Å². The first-order valence-corrected chi connectivity index (χ1v) is 8.88. The predicted molar refractivity (Wildman–Crippen MR) is 107 cm³/mol. The van der Waals surface area contributed by atoms with Crippen LogP contribution in [-0.2, 0) is 9.59 Å². The zero-order chi connectivity index (χ0) is 19.3. The van der Waals surface area contributed by atoms with E-state index in [1.165, 1.54) is 0 Å². The number of nitrogens with one attached hydrogen (secondary N) is 2. The highest BCUT2D eigenvalue weighted by Crippen LogP contribution is 2.25. The van der Waals surface area contributed by atoms with Crippen LogP contribution in [-0.4, -0.2) is 36.9 Å². The minimum Gasteiger partial charge on any atom is -0.325 e. The molecule has 8 heteroatoms. The molecule has 0 radical (unpaired) electrons. The number of carbonyl (C=O) groups is 2. The first-order chi connectivity index (χ1) is 12.3. The number of likely N-dealkylation sites (N-methyl/N-ethyl adjacent to an activating group) is 1. The fraction of sp³-hybridized carbons (Fsp3) is 0.222. The van der Waals surface area contributed by atoms with Crippen molar-refractivity contribution in [2.75, 3.05) is 30.8 Å². The molecule has 2 aromatic carbocycles. The Balaban J connectivity index is 1.86. The normalized spacial score (nSPS) is 10.7. The van der Waals surface area contributed by atoms with E-state index >= 15 is 0 Å². The van der Waals surface area contributed by atoms with Gasteiger partial charge in [-0.2, -0.15) is 0 Å². The Kier molecular flexibility index (Phi) is 7.29. The van der Waals surface area contributed by atoms with Crippen LogP contribution in [0.4, 0.5) is 11.4 Å². The van der Waals surface area contributed by atoms with Crippen molar-refractivity contribution in [1.82, 2.24) is 4.90 Å². The van der Waals surface area contributed by atoms with E-state index in [9.17, 15) is 9.59 Å². The fourth-order valence-electron chi connectivity index (χ4n) is 2.25. The van der Waals surface area contributed by atoms with Crippen molar-refractivity contribution in [1.29, 1.82) is 0 Å². The summed E-state index contributed by atoms with van der Waals surface area (Å²) >= 11 is 17.8. The summed E-state index contributed by atoms with van der Waals surface area (Å²) in [6.07, 6.45) is 0. The molecule has 26 heavy (non-hydrogen) atoms. The van der Waals surface area contributed by atoms with E-state index in [0.717, 1.165) is 5.56 Å². The lowest BCUT2D eigenvalue weighted by atomic mass is 10.2. The van der Waals surface area contributed by atoms with Crippen LogP contribution < -0.4 is 10.6 Å². The summed E-state index contributed by atoms with van der Waals surface area (Å²) in [6, 6.07) is 10.1. The van der Waals surface area contributed by atoms with Gasteiger partial charge in [0.25, 0.3) is 0 Å². The second-order valence-corrected chi connectivity index (χ2v) is 7.03. The standard InChI is InChI=1S/C18H18Cl3N3O2/c1-11-13(19)4-3-5-16(11)23-18(26)10-24(2)9-17(25)22-12-6-7-14(20)15(21)8-12/h3-8H,9-10H2,1-2H3,(H,22,25)(H,23,26). The number of nitrogens with zero attached hydrogens (tertiary/aromatic N) is 1. The maximum absolute atomic E-state index is 12.1. The van der Waals surface area contributed by atoms with E-state index in [-0.39, 0.29) is 24.9 Å². The number of hydrogen-bond acceptors (Lipinski definition) is 3. The topological polar surface area (TPSA) is 61.4 Å². The molecule has 0 spiro atoms. The van der Waals surface area contributed by atoms with Crippen molar-refractivity contribution in [3.05, 3.63) is 57.0 Å². The summed E-state index contributed by atoms with van der Waals surface area (Å²) in [5, 5.41) is 6.85. The van der Waals surface area contributed by atoms with Gasteiger partial charge in [-0.05, 0) is 49.9 Å². The molecule has 2 N–H and O–H groups in total. The summed E-state index contributed by atoms with van der Waals surface area (Å²) in [4.78, 5) is 25.8. The smallest absolute Gasteiger partial charge is 0.238 e. The van der Waals surface area contributed by atoms with Crippen molar-refractivity contribution in [3.8, 4) is 0 Å². The van der Waals surface area contributed by atoms with Crippen molar-refractivity contribution in [3.63, 3.8) is 0 Å². The van der Waals surface area contributed by atoms with Crippen LogP contribution >= 0.6 is 34.8 Å². The van der Waals surface area contributed by atoms with Gasteiger partial charge in [0, 0.05) is 16.4 Å². The number of hydrogen-bond donors (Lipinski definition) is 2. The molecule has 0 aliphatic carbocycles. The van der Waals surface area contributed by atoms with Gasteiger partial charge >= 0.3 is 0 Å². The van der Waals surface area contributed by atoms with Crippen LogP contribution in [0.2, 0.25) is 15.1 Å². The quantitative estimate of drug-likeness (QED) is 0.733. The Morgan fingerprint density at radius 3 is 2.23 bits per heavy atom. The molecule has 0 atom stereocenters. The Morgan fingerprint density at radius 2 is 1.58 bits per heavy atom. The molecular formula is C18H18Cl3N3O2. The largest absolute Gasteiger partial charge is 0.325 e. The van der Waals surface area contributed by atoms with Gasteiger partial charge in [-0.15, -0.1) is 0 Å². The molecule has 5 nitrogen and oxygen atoms in total. The second-order valence-electron chi connectivity index (χ2n) is 5.81. The summed E-state index contributed by atoms with van der Waals surface area (Å²) in [5.41, 5.74) is 1.98. The maximum Gasteiger partial charge on any atom is 0.238 e. The predicted octanol–water partition coefficient (Wildman–Crippen LogP) is 4.46. The third kappa shape index (κ3) is 5.88. The third-order valence-corrected chi connectivity index (χ3v) is 4.72. The van der Waals surface area contributed by atoms with Crippen LogP contribution in [0.1, 0.15) is 5.56 Å². The number of carbonyl (C=O) groups excluding carboxylic acids is 2. The molecule has 0 aliphatic heterocycles. The molecule has 0 fully saturated rings. The summed E-state index contributed by atoms with van der Waals surface area (Å²) in [6.45, 7) is 1.93. The summed E-state index contributed by atoms with van der Waals surface area (Å²) in [7, 11) is 1.68. The van der Waals surface area contributed by atoms with Gasteiger partial charge in [0.1, 0.15) is 0 Å². The van der Waals surface area contributed by atoms with Crippen molar-refractivity contribution in [2.24, 2.45) is 0 Å². The number of amides is 2. The van der Waals surface area contributed by atoms with E-state index in [0.29, 0.717) is 26.4 Å². The molecule has 2 rings (SSSR count). The second kappa shape index (κ2) is 9.24. The van der Waals surface area contributed by atoms with Gasteiger partial charge in [0.2, 0.25) is 11.8 Å².